The maximum Gasteiger partial charge on any atom is 0.227 e. The van der Waals surface area contributed by atoms with Gasteiger partial charge in [-0.05, 0) is 25.0 Å². The highest BCUT2D eigenvalue weighted by atomic mass is 32.1. The van der Waals surface area contributed by atoms with Gasteiger partial charge in [0.2, 0.25) is 5.91 Å². The summed E-state index contributed by atoms with van der Waals surface area (Å²) < 4.78 is 2.01. The first-order chi connectivity index (χ1) is 10.7. The van der Waals surface area contributed by atoms with Gasteiger partial charge in [-0.1, -0.05) is 26.0 Å². The first-order valence-electron chi connectivity index (χ1n) is 7.54. The van der Waals surface area contributed by atoms with Crippen molar-refractivity contribution in [2.24, 2.45) is 5.92 Å². The highest BCUT2D eigenvalue weighted by Gasteiger charge is 2.14. The summed E-state index contributed by atoms with van der Waals surface area (Å²) in [5, 5.41) is 5.02. The number of anilines is 1. The van der Waals surface area contributed by atoms with Crippen molar-refractivity contribution in [2.75, 3.05) is 5.32 Å². The van der Waals surface area contributed by atoms with Crippen LogP contribution in [0.3, 0.4) is 0 Å². The minimum Gasteiger partial charge on any atom is -0.326 e. The molecule has 0 saturated carbocycles. The van der Waals surface area contributed by atoms with Crippen molar-refractivity contribution in [3.05, 3.63) is 42.0 Å². The van der Waals surface area contributed by atoms with E-state index in [4.69, 9.17) is 0 Å². The third-order valence-electron chi connectivity index (χ3n) is 3.88. The highest BCUT2D eigenvalue weighted by molar-refractivity contribution is 7.15. The fourth-order valence-electron chi connectivity index (χ4n) is 2.53. The second-order valence-electron chi connectivity index (χ2n) is 5.30. The third-order valence-corrected chi connectivity index (χ3v) is 4.65. The number of hydrogen-bond donors (Lipinski definition) is 1. The Balaban J connectivity index is 1.83. The molecule has 114 valence electrons. The maximum absolute atomic E-state index is 12.2. The molecular weight excluding hydrogens is 294 g/mol. The number of imidazole rings is 1. The van der Waals surface area contributed by atoms with E-state index in [0.29, 0.717) is 0 Å². The SMILES string of the molecule is CCC(CC)C(=O)Nc1cccc(-c2cn3ccsc3n2)c1. The van der Waals surface area contributed by atoms with Crippen LogP contribution in [0.5, 0.6) is 0 Å². The summed E-state index contributed by atoms with van der Waals surface area (Å²) in [6.45, 7) is 4.09. The number of carbonyl (C=O) groups excluding carboxylic acids is 1. The summed E-state index contributed by atoms with van der Waals surface area (Å²) in [5.74, 6) is 0.162. The van der Waals surface area contributed by atoms with Gasteiger partial charge >= 0.3 is 0 Å². The van der Waals surface area contributed by atoms with Crippen LogP contribution in [0.1, 0.15) is 26.7 Å². The van der Waals surface area contributed by atoms with E-state index in [2.05, 4.69) is 10.3 Å². The molecule has 0 radical (unpaired) electrons. The number of aromatic nitrogens is 2. The Bertz CT molecular complexity index is 757. The van der Waals surface area contributed by atoms with Gasteiger partial charge in [0.1, 0.15) is 0 Å². The molecule has 3 aromatic rings. The molecule has 1 amide bonds. The molecular formula is C17H19N3OS. The van der Waals surface area contributed by atoms with Crippen molar-refractivity contribution in [1.29, 1.82) is 0 Å². The number of fused-ring (bicyclic) bond motifs is 1. The molecule has 22 heavy (non-hydrogen) atoms. The number of nitrogens with one attached hydrogen (secondary N) is 1. The number of amides is 1. The van der Waals surface area contributed by atoms with E-state index in [1.165, 1.54) is 0 Å². The second-order valence-corrected chi connectivity index (χ2v) is 6.18. The average Bonchev–Trinajstić information content (AvgIpc) is 3.10. The van der Waals surface area contributed by atoms with Crippen LogP contribution in [0, 0.1) is 5.92 Å². The second kappa shape index (κ2) is 6.32. The zero-order valence-electron chi connectivity index (χ0n) is 12.7. The summed E-state index contributed by atoms with van der Waals surface area (Å²) in [4.78, 5) is 17.8. The molecule has 5 heteroatoms. The monoisotopic (exact) mass is 313 g/mol. The molecule has 3 rings (SSSR count). The first kappa shape index (κ1) is 14.8. The van der Waals surface area contributed by atoms with Gasteiger partial charge in [0.15, 0.2) is 4.96 Å². The molecule has 0 atom stereocenters. The number of carbonyl (C=O) groups is 1. The molecule has 0 spiro atoms. The minimum absolute atomic E-state index is 0.0709. The van der Waals surface area contributed by atoms with E-state index in [9.17, 15) is 4.79 Å². The zero-order chi connectivity index (χ0) is 15.5. The van der Waals surface area contributed by atoms with E-state index >= 15 is 0 Å². The quantitative estimate of drug-likeness (QED) is 0.757. The van der Waals surface area contributed by atoms with Gasteiger partial charge in [-0.2, -0.15) is 0 Å². The standard InChI is InChI=1S/C17H19N3OS/c1-3-12(4-2)16(21)18-14-7-5-6-13(10-14)15-11-20-8-9-22-17(20)19-15/h5-12H,3-4H2,1-2H3,(H,18,21). The molecule has 1 N–H and O–H groups in total. The lowest BCUT2D eigenvalue weighted by Gasteiger charge is -2.13. The topological polar surface area (TPSA) is 46.4 Å². The van der Waals surface area contributed by atoms with Crippen molar-refractivity contribution >= 4 is 27.9 Å². The molecule has 0 unspecified atom stereocenters. The number of thiazole rings is 1. The molecule has 4 nitrogen and oxygen atoms in total. The molecule has 0 aliphatic rings. The first-order valence-corrected chi connectivity index (χ1v) is 8.42. The summed E-state index contributed by atoms with van der Waals surface area (Å²) in [6, 6.07) is 7.86. The van der Waals surface area contributed by atoms with Gasteiger partial charge in [-0.3, -0.25) is 9.20 Å². The van der Waals surface area contributed by atoms with Crippen LogP contribution in [0.25, 0.3) is 16.2 Å². The fraction of sp³-hybridized carbons (Fsp3) is 0.294. The van der Waals surface area contributed by atoms with Crippen LogP contribution in [-0.2, 0) is 4.79 Å². The van der Waals surface area contributed by atoms with E-state index in [1.54, 1.807) is 11.3 Å². The third kappa shape index (κ3) is 2.90. The molecule has 0 saturated heterocycles. The maximum atomic E-state index is 12.2. The summed E-state index contributed by atoms with van der Waals surface area (Å²) in [5.41, 5.74) is 2.76. The van der Waals surface area contributed by atoms with Gasteiger partial charge < -0.3 is 5.32 Å². The van der Waals surface area contributed by atoms with E-state index in [1.807, 2.05) is 60.3 Å². The van der Waals surface area contributed by atoms with Crippen LogP contribution < -0.4 is 5.32 Å². The Hall–Kier alpha value is -2.14. The van der Waals surface area contributed by atoms with Crippen LogP contribution in [0.2, 0.25) is 0 Å². The lowest BCUT2D eigenvalue weighted by atomic mass is 10.0. The summed E-state index contributed by atoms with van der Waals surface area (Å²) >= 11 is 1.61. The van der Waals surface area contributed by atoms with E-state index in [0.717, 1.165) is 34.7 Å². The Labute approximate surface area is 133 Å². The molecule has 0 aliphatic carbocycles. The van der Waals surface area contributed by atoms with Gasteiger partial charge in [-0.15, -0.1) is 11.3 Å². The predicted molar refractivity (Wildman–Crippen MR) is 91.2 cm³/mol. The predicted octanol–water partition coefficient (Wildman–Crippen LogP) is 4.44. The van der Waals surface area contributed by atoms with Crippen molar-refractivity contribution in [3.63, 3.8) is 0 Å². The largest absolute Gasteiger partial charge is 0.326 e. The molecule has 1 aromatic carbocycles. The molecule has 0 bridgehead atoms. The molecule has 0 fully saturated rings. The van der Waals surface area contributed by atoms with Gasteiger partial charge in [0.25, 0.3) is 0 Å². The Morgan fingerprint density at radius 1 is 1.36 bits per heavy atom. The van der Waals surface area contributed by atoms with Crippen LogP contribution in [-0.4, -0.2) is 15.3 Å². The van der Waals surface area contributed by atoms with Crippen molar-refractivity contribution in [1.82, 2.24) is 9.38 Å². The minimum atomic E-state index is 0.0709. The fourth-order valence-corrected chi connectivity index (χ4v) is 3.23. The Morgan fingerprint density at radius 2 is 2.18 bits per heavy atom. The number of benzene rings is 1. The van der Waals surface area contributed by atoms with Crippen LogP contribution in [0.4, 0.5) is 5.69 Å². The average molecular weight is 313 g/mol. The summed E-state index contributed by atoms with van der Waals surface area (Å²) in [6.07, 6.45) is 5.72. The van der Waals surface area contributed by atoms with Gasteiger partial charge in [0.05, 0.1) is 5.69 Å². The Kier molecular flexibility index (Phi) is 4.24. The van der Waals surface area contributed by atoms with Crippen LogP contribution >= 0.6 is 11.3 Å². The van der Waals surface area contributed by atoms with Crippen molar-refractivity contribution in [2.45, 2.75) is 26.7 Å². The lowest BCUT2D eigenvalue weighted by Crippen LogP contribution is -2.21. The van der Waals surface area contributed by atoms with E-state index < -0.39 is 0 Å². The molecule has 0 aliphatic heterocycles. The summed E-state index contributed by atoms with van der Waals surface area (Å²) in [7, 11) is 0. The van der Waals surface area contributed by atoms with E-state index in [-0.39, 0.29) is 11.8 Å². The normalized spacial score (nSPS) is 11.2. The number of rotatable bonds is 5. The Morgan fingerprint density at radius 3 is 2.91 bits per heavy atom. The lowest BCUT2D eigenvalue weighted by molar-refractivity contribution is -0.120. The van der Waals surface area contributed by atoms with Crippen molar-refractivity contribution in [3.8, 4) is 11.3 Å². The van der Waals surface area contributed by atoms with Gasteiger partial charge in [0, 0.05) is 34.9 Å². The van der Waals surface area contributed by atoms with Crippen molar-refractivity contribution < 1.29 is 4.79 Å². The highest BCUT2D eigenvalue weighted by Crippen LogP contribution is 2.24. The van der Waals surface area contributed by atoms with Crippen LogP contribution in [0.15, 0.2) is 42.0 Å². The molecule has 2 aromatic heterocycles. The zero-order valence-corrected chi connectivity index (χ0v) is 13.6. The number of nitrogens with zero attached hydrogens (tertiary/aromatic N) is 2. The molecule has 2 heterocycles. The van der Waals surface area contributed by atoms with Gasteiger partial charge in [-0.25, -0.2) is 4.98 Å². The smallest absolute Gasteiger partial charge is 0.227 e. The number of hydrogen-bond acceptors (Lipinski definition) is 3.